The Morgan fingerprint density at radius 3 is 2.53 bits per heavy atom. The zero-order valence-corrected chi connectivity index (χ0v) is 11.2. The lowest BCUT2D eigenvalue weighted by atomic mass is 9.83. The topological polar surface area (TPSA) is 26.0 Å². The first-order valence-electron chi connectivity index (χ1n) is 7.02. The highest BCUT2D eigenvalue weighted by molar-refractivity contribution is 5.28. The molecule has 17 heavy (non-hydrogen) atoms. The second-order valence-electron chi connectivity index (χ2n) is 5.74. The summed E-state index contributed by atoms with van der Waals surface area (Å²) < 4.78 is 0. The molecule has 1 aliphatic carbocycles. The number of hydrogen-bond donors (Lipinski definition) is 1. The number of nitrogens with two attached hydrogens (primary N) is 1. The predicted octanol–water partition coefficient (Wildman–Crippen LogP) is 4.00. The first-order chi connectivity index (χ1) is 8.14. The summed E-state index contributed by atoms with van der Waals surface area (Å²) >= 11 is 0. The highest BCUT2D eigenvalue weighted by atomic mass is 14.7. The van der Waals surface area contributed by atoms with Crippen molar-refractivity contribution in [2.75, 3.05) is 0 Å². The molecule has 1 saturated carbocycles. The Balaban J connectivity index is 2.17. The number of rotatable bonds is 2. The third-order valence-electron chi connectivity index (χ3n) is 4.34. The van der Waals surface area contributed by atoms with Crippen molar-refractivity contribution in [3.8, 4) is 0 Å². The summed E-state index contributed by atoms with van der Waals surface area (Å²) in [6.07, 6.45) is 7.27. The monoisotopic (exact) mass is 231 g/mol. The van der Waals surface area contributed by atoms with Gasteiger partial charge in [0.2, 0.25) is 0 Å². The Morgan fingerprint density at radius 2 is 1.88 bits per heavy atom. The fourth-order valence-corrected chi connectivity index (χ4v) is 2.90. The van der Waals surface area contributed by atoms with Gasteiger partial charge in [-0.15, -0.1) is 0 Å². The van der Waals surface area contributed by atoms with Crippen LogP contribution in [0, 0.1) is 5.92 Å². The lowest BCUT2D eigenvalue weighted by Crippen LogP contribution is -2.36. The van der Waals surface area contributed by atoms with Crippen LogP contribution in [0.15, 0.2) is 24.3 Å². The summed E-state index contributed by atoms with van der Waals surface area (Å²) in [6.45, 7) is 4.55. The van der Waals surface area contributed by atoms with Crippen molar-refractivity contribution in [1.82, 2.24) is 0 Å². The Bertz CT molecular complexity index is 354. The SMILES string of the molecule is CCc1ccc(C2(N)CCCC(C)CC2)cc1. The fraction of sp³-hybridized carbons (Fsp3) is 0.625. The first kappa shape index (κ1) is 12.6. The van der Waals surface area contributed by atoms with E-state index >= 15 is 0 Å². The van der Waals surface area contributed by atoms with Crippen LogP contribution in [0.5, 0.6) is 0 Å². The van der Waals surface area contributed by atoms with Crippen molar-refractivity contribution in [1.29, 1.82) is 0 Å². The van der Waals surface area contributed by atoms with Gasteiger partial charge in [0, 0.05) is 5.54 Å². The molecule has 0 aliphatic heterocycles. The number of aryl methyl sites for hydroxylation is 1. The highest BCUT2D eigenvalue weighted by Gasteiger charge is 2.29. The molecule has 0 radical (unpaired) electrons. The van der Waals surface area contributed by atoms with E-state index in [2.05, 4.69) is 38.1 Å². The molecule has 0 saturated heterocycles. The molecule has 2 rings (SSSR count). The quantitative estimate of drug-likeness (QED) is 0.765. The van der Waals surface area contributed by atoms with Gasteiger partial charge in [-0.25, -0.2) is 0 Å². The van der Waals surface area contributed by atoms with E-state index in [0.29, 0.717) is 0 Å². The summed E-state index contributed by atoms with van der Waals surface area (Å²) in [5, 5.41) is 0. The van der Waals surface area contributed by atoms with Crippen molar-refractivity contribution in [2.45, 2.75) is 57.9 Å². The van der Waals surface area contributed by atoms with Gasteiger partial charge in [0.25, 0.3) is 0 Å². The molecular formula is C16H25N. The van der Waals surface area contributed by atoms with Gasteiger partial charge in [-0.3, -0.25) is 0 Å². The smallest absolute Gasteiger partial charge is 0.0409 e. The summed E-state index contributed by atoms with van der Waals surface area (Å²) in [5.74, 6) is 0.843. The van der Waals surface area contributed by atoms with Gasteiger partial charge in [0.05, 0.1) is 0 Å². The second-order valence-corrected chi connectivity index (χ2v) is 5.74. The summed E-state index contributed by atoms with van der Waals surface area (Å²) in [5.41, 5.74) is 9.30. The van der Waals surface area contributed by atoms with Crippen LogP contribution in [-0.2, 0) is 12.0 Å². The maximum atomic E-state index is 6.63. The average Bonchev–Trinajstić information content (AvgIpc) is 2.53. The average molecular weight is 231 g/mol. The molecule has 0 bridgehead atoms. The largest absolute Gasteiger partial charge is 0.321 e. The minimum absolute atomic E-state index is 0.0724. The maximum absolute atomic E-state index is 6.63. The van der Waals surface area contributed by atoms with E-state index in [4.69, 9.17) is 5.73 Å². The minimum atomic E-state index is -0.0724. The van der Waals surface area contributed by atoms with E-state index < -0.39 is 0 Å². The molecule has 1 aromatic rings. The molecule has 1 heteroatoms. The van der Waals surface area contributed by atoms with Crippen LogP contribution < -0.4 is 5.73 Å². The molecule has 0 amide bonds. The van der Waals surface area contributed by atoms with Gasteiger partial charge in [0.1, 0.15) is 0 Å². The van der Waals surface area contributed by atoms with E-state index in [0.717, 1.165) is 25.2 Å². The van der Waals surface area contributed by atoms with Gasteiger partial charge in [-0.2, -0.15) is 0 Å². The van der Waals surface area contributed by atoms with E-state index in [1.165, 1.54) is 30.4 Å². The zero-order chi connectivity index (χ0) is 12.3. The van der Waals surface area contributed by atoms with Crippen molar-refractivity contribution in [3.05, 3.63) is 35.4 Å². The lowest BCUT2D eigenvalue weighted by molar-refractivity contribution is 0.378. The third kappa shape index (κ3) is 2.90. The Labute approximate surface area is 105 Å². The van der Waals surface area contributed by atoms with Crippen LogP contribution in [0.3, 0.4) is 0 Å². The molecule has 1 aromatic carbocycles. The Morgan fingerprint density at radius 1 is 1.18 bits per heavy atom. The van der Waals surface area contributed by atoms with E-state index in [9.17, 15) is 0 Å². The van der Waals surface area contributed by atoms with Gasteiger partial charge in [0.15, 0.2) is 0 Å². The van der Waals surface area contributed by atoms with Crippen LogP contribution in [0.2, 0.25) is 0 Å². The molecule has 0 aromatic heterocycles. The highest BCUT2D eigenvalue weighted by Crippen LogP contribution is 2.35. The van der Waals surface area contributed by atoms with E-state index in [1.54, 1.807) is 0 Å². The number of hydrogen-bond acceptors (Lipinski definition) is 1. The molecular weight excluding hydrogens is 206 g/mol. The molecule has 1 fully saturated rings. The van der Waals surface area contributed by atoms with Crippen LogP contribution in [0.25, 0.3) is 0 Å². The molecule has 2 N–H and O–H groups in total. The van der Waals surface area contributed by atoms with Crippen molar-refractivity contribution in [3.63, 3.8) is 0 Å². The number of benzene rings is 1. The fourth-order valence-electron chi connectivity index (χ4n) is 2.90. The summed E-state index contributed by atoms with van der Waals surface area (Å²) in [4.78, 5) is 0. The van der Waals surface area contributed by atoms with Gasteiger partial charge < -0.3 is 5.73 Å². The van der Waals surface area contributed by atoms with Gasteiger partial charge in [-0.05, 0) is 42.7 Å². The van der Waals surface area contributed by atoms with E-state index in [-0.39, 0.29) is 5.54 Å². The first-order valence-corrected chi connectivity index (χ1v) is 7.02. The van der Waals surface area contributed by atoms with Crippen LogP contribution in [0.4, 0.5) is 0 Å². The molecule has 94 valence electrons. The van der Waals surface area contributed by atoms with Gasteiger partial charge >= 0.3 is 0 Å². The molecule has 2 unspecified atom stereocenters. The summed E-state index contributed by atoms with van der Waals surface area (Å²) in [6, 6.07) is 8.96. The second kappa shape index (κ2) is 5.22. The van der Waals surface area contributed by atoms with Crippen LogP contribution >= 0.6 is 0 Å². The van der Waals surface area contributed by atoms with E-state index in [1.807, 2.05) is 0 Å². The predicted molar refractivity (Wildman–Crippen MR) is 73.9 cm³/mol. The standard InChI is InChI=1S/C16H25N/c1-3-14-6-8-15(9-7-14)16(17)11-4-5-13(2)10-12-16/h6-9,13H,3-5,10-12,17H2,1-2H3. The summed E-state index contributed by atoms with van der Waals surface area (Å²) in [7, 11) is 0. The molecule has 0 spiro atoms. The van der Waals surface area contributed by atoms with Crippen molar-refractivity contribution < 1.29 is 0 Å². The zero-order valence-electron chi connectivity index (χ0n) is 11.2. The molecule has 1 aliphatic rings. The van der Waals surface area contributed by atoms with Crippen molar-refractivity contribution in [2.24, 2.45) is 11.7 Å². The van der Waals surface area contributed by atoms with Gasteiger partial charge in [-0.1, -0.05) is 51.0 Å². The Kier molecular flexibility index (Phi) is 3.88. The normalized spacial score (nSPS) is 29.9. The van der Waals surface area contributed by atoms with Crippen LogP contribution in [0.1, 0.15) is 57.1 Å². The molecule has 1 nitrogen and oxygen atoms in total. The molecule has 0 heterocycles. The molecule has 2 atom stereocenters. The van der Waals surface area contributed by atoms with Crippen LogP contribution in [-0.4, -0.2) is 0 Å². The third-order valence-corrected chi connectivity index (χ3v) is 4.34. The Hall–Kier alpha value is -0.820. The van der Waals surface area contributed by atoms with Crippen molar-refractivity contribution >= 4 is 0 Å². The minimum Gasteiger partial charge on any atom is -0.321 e. The maximum Gasteiger partial charge on any atom is 0.0409 e. The lowest BCUT2D eigenvalue weighted by Gasteiger charge is -2.29.